The SMILES string of the molecule is O=C(O)N[C@@H]1CCCN(CC(O)COc2ccc(Cl)c(F)c2)C1. The highest BCUT2D eigenvalue weighted by atomic mass is 35.5. The third-order valence-corrected chi connectivity index (χ3v) is 3.94. The van der Waals surface area contributed by atoms with Crippen LogP contribution in [0.5, 0.6) is 5.75 Å². The molecule has 1 aromatic rings. The van der Waals surface area contributed by atoms with E-state index in [0.29, 0.717) is 18.8 Å². The number of hydrogen-bond donors (Lipinski definition) is 3. The molecule has 6 nitrogen and oxygen atoms in total. The number of benzene rings is 1. The number of likely N-dealkylation sites (tertiary alicyclic amines) is 1. The summed E-state index contributed by atoms with van der Waals surface area (Å²) < 4.78 is 18.6. The summed E-state index contributed by atoms with van der Waals surface area (Å²) >= 11 is 5.59. The minimum atomic E-state index is -1.04. The van der Waals surface area contributed by atoms with Crippen molar-refractivity contribution in [2.24, 2.45) is 0 Å². The highest BCUT2D eigenvalue weighted by molar-refractivity contribution is 6.30. The predicted octanol–water partition coefficient (Wildman–Crippen LogP) is 1.95. The number of piperidine rings is 1. The molecule has 0 aliphatic carbocycles. The fraction of sp³-hybridized carbons (Fsp3) is 0.533. The van der Waals surface area contributed by atoms with Gasteiger partial charge in [-0.15, -0.1) is 0 Å². The van der Waals surface area contributed by atoms with Crippen molar-refractivity contribution in [2.75, 3.05) is 26.2 Å². The van der Waals surface area contributed by atoms with Crippen LogP contribution in [0.1, 0.15) is 12.8 Å². The minimum Gasteiger partial charge on any atom is -0.491 e. The van der Waals surface area contributed by atoms with Crippen LogP contribution in [0.3, 0.4) is 0 Å². The maximum atomic E-state index is 13.3. The first-order valence-electron chi connectivity index (χ1n) is 7.42. The van der Waals surface area contributed by atoms with Gasteiger partial charge in [0.1, 0.15) is 24.3 Å². The summed E-state index contributed by atoms with van der Waals surface area (Å²) in [7, 11) is 0. The van der Waals surface area contributed by atoms with Gasteiger partial charge in [-0.05, 0) is 31.5 Å². The molecule has 1 aliphatic heterocycles. The average Bonchev–Trinajstić information content (AvgIpc) is 2.48. The fourth-order valence-corrected chi connectivity index (χ4v) is 2.74. The lowest BCUT2D eigenvalue weighted by atomic mass is 10.1. The van der Waals surface area contributed by atoms with Gasteiger partial charge in [0.2, 0.25) is 0 Å². The number of aliphatic hydroxyl groups excluding tert-OH is 1. The zero-order chi connectivity index (χ0) is 16.8. The van der Waals surface area contributed by atoms with Crippen LogP contribution >= 0.6 is 11.6 Å². The molecule has 1 aliphatic rings. The minimum absolute atomic E-state index is 0.0168. The maximum Gasteiger partial charge on any atom is 0.404 e. The van der Waals surface area contributed by atoms with Gasteiger partial charge in [-0.1, -0.05) is 11.6 Å². The van der Waals surface area contributed by atoms with Gasteiger partial charge in [-0.2, -0.15) is 0 Å². The predicted molar refractivity (Wildman–Crippen MR) is 83.5 cm³/mol. The lowest BCUT2D eigenvalue weighted by Crippen LogP contribution is -2.49. The summed E-state index contributed by atoms with van der Waals surface area (Å²) in [6, 6.07) is 3.97. The van der Waals surface area contributed by atoms with Crippen LogP contribution in [0.25, 0.3) is 0 Å². The van der Waals surface area contributed by atoms with E-state index in [1.54, 1.807) is 0 Å². The van der Waals surface area contributed by atoms with Gasteiger partial charge in [0.15, 0.2) is 0 Å². The van der Waals surface area contributed by atoms with E-state index < -0.39 is 18.0 Å². The van der Waals surface area contributed by atoms with E-state index in [2.05, 4.69) is 5.32 Å². The van der Waals surface area contributed by atoms with Crippen LogP contribution in [-0.4, -0.2) is 59.6 Å². The van der Waals surface area contributed by atoms with Crippen LogP contribution in [0.15, 0.2) is 18.2 Å². The number of ether oxygens (including phenoxy) is 1. The molecule has 1 amide bonds. The Hall–Kier alpha value is -1.57. The number of rotatable bonds is 6. The molecule has 0 radical (unpaired) electrons. The first kappa shape index (κ1) is 17.8. The monoisotopic (exact) mass is 346 g/mol. The van der Waals surface area contributed by atoms with E-state index in [4.69, 9.17) is 21.4 Å². The molecule has 0 aromatic heterocycles. The van der Waals surface area contributed by atoms with Crippen molar-refractivity contribution in [3.8, 4) is 5.75 Å². The normalized spacial score (nSPS) is 20.0. The summed E-state index contributed by atoms with van der Waals surface area (Å²) in [4.78, 5) is 12.7. The molecule has 23 heavy (non-hydrogen) atoms. The van der Waals surface area contributed by atoms with Crippen LogP contribution < -0.4 is 10.1 Å². The molecule has 0 saturated carbocycles. The molecule has 1 unspecified atom stereocenters. The van der Waals surface area contributed by atoms with E-state index in [0.717, 1.165) is 19.4 Å². The van der Waals surface area contributed by atoms with Crippen molar-refractivity contribution in [3.05, 3.63) is 29.0 Å². The van der Waals surface area contributed by atoms with E-state index in [-0.39, 0.29) is 17.7 Å². The number of aliphatic hydroxyl groups is 1. The highest BCUT2D eigenvalue weighted by Crippen LogP contribution is 2.20. The van der Waals surface area contributed by atoms with Crippen molar-refractivity contribution >= 4 is 17.7 Å². The van der Waals surface area contributed by atoms with E-state index in [9.17, 15) is 14.3 Å². The summed E-state index contributed by atoms with van der Waals surface area (Å²) in [6.45, 7) is 1.74. The quantitative estimate of drug-likeness (QED) is 0.733. The smallest absolute Gasteiger partial charge is 0.404 e. The van der Waals surface area contributed by atoms with Crippen molar-refractivity contribution in [1.82, 2.24) is 10.2 Å². The lowest BCUT2D eigenvalue weighted by molar-refractivity contribution is 0.0560. The molecule has 2 rings (SSSR count). The fourth-order valence-electron chi connectivity index (χ4n) is 2.62. The molecule has 1 fully saturated rings. The van der Waals surface area contributed by atoms with E-state index >= 15 is 0 Å². The number of carbonyl (C=O) groups is 1. The summed E-state index contributed by atoms with van der Waals surface area (Å²) in [5, 5.41) is 21.3. The van der Waals surface area contributed by atoms with Crippen molar-refractivity contribution in [2.45, 2.75) is 25.0 Å². The largest absolute Gasteiger partial charge is 0.491 e. The van der Waals surface area contributed by atoms with Gasteiger partial charge in [-0.25, -0.2) is 9.18 Å². The number of hydrogen-bond acceptors (Lipinski definition) is 4. The molecule has 8 heteroatoms. The Kier molecular flexibility index (Phi) is 6.44. The van der Waals surface area contributed by atoms with Gasteiger partial charge in [0.05, 0.1) is 5.02 Å². The van der Waals surface area contributed by atoms with Gasteiger partial charge in [0, 0.05) is 25.2 Å². The van der Waals surface area contributed by atoms with Crippen molar-refractivity contribution in [1.29, 1.82) is 0 Å². The number of carboxylic acid groups (broad SMARTS) is 1. The van der Waals surface area contributed by atoms with Crippen LogP contribution in [-0.2, 0) is 0 Å². The Morgan fingerprint density at radius 2 is 2.35 bits per heavy atom. The van der Waals surface area contributed by atoms with Crippen LogP contribution in [0.2, 0.25) is 5.02 Å². The molecule has 1 aromatic carbocycles. The molecule has 128 valence electrons. The standard InChI is InChI=1S/C15H20ClFN2O4/c16-13-4-3-12(6-14(13)17)23-9-11(20)8-19-5-1-2-10(7-19)18-15(21)22/h3-4,6,10-11,18,20H,1-2,5,7-9H2,(H,21,22)/t10-,11?/m1/s1. The summed E-state index contributed by atoms with van der Waals surface area (Å²) in [6.07, 6.45) is -0.136. The lowest BCUT2D eigenvalue weighted by Gasteiger charge is -2.33. The Morgan fingerprint density at radius 1 is 1.57 bits per heavy atom. The second-order valence-electron chi connectivity index (χ2n) is 5.59. The average molecular weight is 347 g/mol. The molecular formula is C15H20ClFN2O4. The van der Waals surface area contributed by atoms with E-state index in [1.165, 1.54) is 18.2 Å². The third-order valence-electron chi connectivity index (χ3n) is 3.64. The number of amides is 1. The third kappa shape index (κ3) is 5.85. The summed E-state index contributed by atoms with van der Waals surface area (Å²) in [5.41, 5.74) is 0. The number of halogens is 2. The zero-order valence-electron chi connectivity index (χ0n) is 12.5. The van der Waals surface area contributed by atoms with Gasteiger partial charge in [0.25, 0.3) is 0 Å². The van der Waals surface area contributed by atoms with Gasteiger partial charge in [-0.3, -0.25) is 4.90 Å². The van der Waals surface area contributed by atoms with Gasteiger partial charge >= 0.3 is 6.09 Å². The molecule has 3 N–H and O–H groups in total. The molecule has 0 spiro atoms. The number of β-amino-alcohol motifs (C(OH)–C–C–N with tert-alkyl or cyclic N) is 1. The highest BCUT2D eigenvalue weighted by Gasteiger charge is 2.23. The first-order chi connectivity index (χ1) is 10.9. The van der Waals surface area contributed by atoms with Crippen LogP contribution in [0, 0.1) is 5.82 Å². The van der Waals surface area contributed by atoms with Crippen LogP contribution in [0.4, 0.5) is 9.18 Å². The molecule has 2 atom stereocenters. The Labute approximate surface area is 138 Å². The summed E-state index contributed by atoms with van der Waals surface area (Å²) in [5.74, 6) is -0.271. The Balaban J connectivity index is 1.76. The maximum absolute atomic E-state index is 13.3. The first-order valence-corrected chi connectivity index (χ1v) is 7.79. The number of nitrogens with zero attached hydrogens (tertiary/aromatic N) is 1. The van der Waals surface area contributed by atoms with Crippen molar-refractivity contribution < 1.29 is 24.1 Å². The second-order valence-corrected chi connectivity index (χ2v) is 6.00. The molecule has 1 heterocycles. The molecule has 1 saturated heterocycles. The van der Waals surface area contributed by atoms with Gasteiger partial charge < -0.3 is 20.3 Å². The number of nitrogens with one attached hydrogen (secondary N) is 1. The topological polar surface area (TPSA) is 82.0 Å². The molecule has 0 bridgehead atoms. The zero-order valence-corrected chi connectivity index (χ0v) is 13.3. The second kappa shape index (κ2) is 8.33. The Bertz CT molecular complexity index is 546. The Morgan fingerprint density at radius 3 is 3.04 bits per heavy atom. The van der Waals surface area contributed by atoms with E-state index in [1.807, 2.05) is 4.90 Å². The molecular weight excluding hydrogens is 327 g/mol. The van der Waals surface area contributed by atoms with Crippen molar-refractivity contribution in [3.63, 3.8) is 0 Å².